The highest BCUT2D eigenvalue weighted by Gasteiger charge is 2.30. The number of hydrogen-bond donors (Lipinski definition) is 1. The molecule has 112 valence electrons. The molecule has 3 nitrogen and oxygen atoms in total. The molecule has 0 spiro atoms. The smallest absolute Gasteiger partial charge is 0.416 e. The number of hydrogen-bond acceptors (Lipinski definition) is 3. The summed E-state index contributed by atoms with van der Waals surface area (Å²) in [6.07, 6.45) is -4.33. The van der Waals surface area contributed by atoms with E-state index in [-0.39, 0.29) is 6.54 Å². The van der Waals surface area contributed by atoms with Crippen LogP contribution >= 0.6 is 0 Å². The molecule has 21 heavy (non-hydrogen) atoms. The maximum Gasteiger partial charge on any atom is 0.416 e. The molecule has 0 aliphatic rings. The third-order valence-corrected chi connectivity index (χ3v) is 2.74. The molecule has 0 amide bonds. The predicted octanol–water partition coefficient (Wildman–Crippen LogP) is 4.11. The molecule has 1 aromatic carbocycles. The molecule has 0 fully saturated rings. The second-order valence-corrected chi connectivity index (χ2v) is 4.35. The summed E-state index contributed by atoms with van der Waals surface area (Å²) in [5.74, 6) is 1.03. The van der Waals surface area contributed by atoms with Gasteiger partial charge in [-0.05, 0) is 30.7 Å². The highest BCUT2D eigenvalue weighted by atomic mass is 19.4. The summed E-state index contributed by atoms with van der Waals surface area (Å²) in [4.78, 5) is 4.19. The third-order valence-electron chi connectivity index (χ3n) is 2.74. The lowest BCUT2D eigenvalue weighted by Crippen LogP contribution is -2.07. The summed E-state index contributed by atoms with van der Waals surface area (Å²) in [5, 5.41) is 2.98. The second-order valence-electron chi connectivity index (χ2n) is 4.35. The Bertz CT molecular complexity index is 599. The van der Waals surface area contributed by atoms with Crippen molar-refractivity contribution in [2.45, 2.75) is 19.6 Å². The SMILES string of the molecule is CCOc1cccc(NCc2cccc(C(F)(F)F)c2)n1. The van der Waals surface area contributed by atoms with E-state index in [0.29, 0.717) is 23.9 Å². The van der Waals surface area contributed by atoms with E-state index >= 15 is 0 Å². The first-order valence-corrected chi connectivity index (χ1v) is 6.49. The Morgan fingerprint density at radius 3 is 2.62 bits per heavy atom. The fourth-order valence-corrected chi connectivity index (χ4v) is 1.79. The molecule has 0 radical (unpaired) electrons. The lowest BCUT2D eigenvalue weighted by Gasteiger charge is -2.10. The zero-order valence-electron chi connectivity index (χ0n) is 11.4. The number of benzene rings is 1. The maximum absolute atomic E-state index is 12.6. The number of halogens is 3. The molecule has 0 unspecified atom stereocenters. The summed E-state index contributed by atoms with van der Waals surface area (Å²) in [6.45, 7) is 2.61. The minimum Gasteiger partial charge on any atom is -0.478 e. The number of nitrogens with one attached hydrogen (secondary N) is 1. The molecular weight excluding hydrogens is 281 g/mol. The standard InChI is InChI=1S/C15H15F3N2O/c1-2-21-14-8-4-7-13(20-14)19-10-11-5-3-6-12(9-11)15(16,17)18/h3-9H,2,10H2,1H3,(H,19,20). The van der Waals surface area contributed by atoms with Crippen molar-refractivity contribution < 1.29 is 17.9 Å². The van der Waals surface area contributed by atoms with Crippen LogP contribution in [-0.2, 0) is 12.7 Å². The van der Waals surface area contributed by atoms with E-state index in [4.69, 9.17) is 4.74 Å². The van der Waals surface area contributed by atoms with Crippen molar-refractivity contribution >= 4 is 5.82 Å². The van der Waals surface area contributed by atoms with Crippen molar-refractivity contribution in [1.82, 2.24) is 4.98 Å². The van der Waals surface area contributed by atoms with Crippen LogP contribution in [0.5, 0.6) is 5.88 Å². The minimum atomic E-state index is -4.33. The molecule has 6 heteroatoms. The Labute approximate surface area is 120 Å². The van der Waals surface area contributed by atoms with E-state index in [9.17, 15) is 13.2 Å². The normalized spacial score (nSPS) is 11.2. The van der Waals surface area contributed by atoms with Crippen molar-refractivity contribution in [2.75, 3.05) is 11.9 Å². The highest BCUT2D eigenvalue weighted by Crippen LogP contribution is 2.29. The average Bonchev–Trinajstić information content (AvgIpc) is 2.45. The van der Waals surface area contributed by atoms with E-state index in [1.807, 2.05) is 6.92 Å². The van der Waals surface area contributed by atoms with Crippen molar-refractivity contribution in [1.29, 1.82) is 0 Å². The summed E-state index contributed by atoms with van der Waals surface area (Å²) in [5.41, 5.74) is -0.119. The predicted molar refractivity (Wildman–Crippen MR) is 74.2 cm³/mol. The number of pyridine rings is 1. The first kappa shape index (κ1) is 15.2. The van der Waals surface area contributed by atoms with Gasteiger partial charge in [-0.25, -0.2) is 0 Å². The fraction of sp³-hybridized carbons (Fsp3) is 0.267. The quantitative estimate of drug-likeness (QED) is 0.901. The highest BCUT2D eigenvalue weighted by molar-refractivity contribution is 5.38. The van der Waals surface area contributed by atoms with Crippen molar-refractivity contribution in [2.24, 2.45) is 0 Å². The summed E-state index contributed by atoms with van der Waals surface area (Å²) < 4.78 is 43.1. The van der Waals surface area contributed by atoms with Gasteiger partial charge < -0.3 is 10.1 Å². The number of aromatic nitrogens is 1. The monoisotopic (exact) mass is 296 g/mol. The first-order valence-electron chi connectivity index (χ1n) is 6.49. The van der Waals surface area contributed by atoms with Crippen molar-refractivity contribution in [3.8, 4) is 5.88 Å². The number of nitrogens with zero attached hydrogens (tertiary/aromatic N) is 1. The van der Waals surface area contributed by atoms with Crippen LogP contribution in [0.2, 0.25) is 0 Å². The van der Waals surface area contributed by atoms with Gasteiger partial charge >= 0.3 is 6.18 Å². The molecule has 2 aromatic rings. The van der Waals surface area contributed by atoms with Crippen LogP contribution in [0.4, 0.5) is 19.0 Å². The Morgan fingerprint density at radius 1 is 1.14 bits per heavy atom. The summed E-state index contributed by atoms with van der Waals surface area (Å²) in [6, 6.07) is 10.4. The van der Waals surface area contributed by atoms with E-state index in [2.05, 4.69) is 10.3 Å². The third kappa shape index (κ3) is 4.37. The Balaban J connectivity index is 2.04. The minimum absolute atomic E-state index is 0.256. The van der Waals surface area contributed by atoms with Crippen LogP contribution in [0.3, 0.4) is 0 Å². The first-order chi connectivity index (χ1) is 9.99. The van der Waals surface area contributed by atoms with Crippen LogP contribution in [-0.4, -0.2) is 11.6 Å². The van der Waals surface area contributed by atoms with Gasteiger partial charge in [0.25, 0.3) is 0 Å². The molecule has 0 atom stereocenters. The van der Waals surface area contributed by atoms with Crippen LogP contribution in [0.25, 0.3) is 0 Å². The fourth-order valence-electron chi connectivity index (χ4n) is 1.79. The van der Waals surface area contributed by atoms with Gasteiger partial charge in [0.15, 0.2) is 0 Å². The molecule has 1 N–H and O–H groups in total. The van der Waals surface area contributed by atoms with E-state index in [0.717, 1.165) is 12.1 Å². The van der Waals surface area contributed by atoms with Crippen molar-refractivity contribution in [3.05, 3.63) is 53.6 Å². The van der Waals surface area contributed by atoms with Crippen LogP contribution in [0.1, 0.15) is 18.1 Å². The van der Waals surface area contributed by atoms with Crippen LogP contribution in [0.15, 0.2) is 42.5 Å². The zero-order valence-corrected chi connectivity index (χ0v) is 11.4. The number of rotatable bonds is 5. The molecule has 0 saturated carbocycles. The molecule has 0 bridgehead atoms. The largest absolute Gasteiger partial charge is 0.478 e. The van der Waals surface area contributed by atoms with E-state index in [1.165, 1.54) is 6.07 Å². The van der Waals surface area contributed by atoms with Gasteiger partial charge in [0.2, 0.25) is 5.88 Å². The number of alkyl halides is 3. The maximum atomic E-state index is 12.6. The lowest BCUT2D eigenvalue weighted by atomic mass is 10.1. The molecule has 2 rings (SSSR count). The Kier molecular flexibility index (Phi) is 4.67. The van der Waals surface area contributed by atoms with Gasteiger partial charge in [0.05, 0.1) is 12.2 Å². The van der Waals surface area contributed by atoms with Gasteiger partial charge in [-0.3, -0.25) is 0 Å². The summed E-state index contributed by atoms with van der Waals surface area (Å²) >= 11 is 0. The van der Waals surface area contributed by atoms with E-state index < -0.39 is 11.7 Å². The van der Waals surface area contributed by atoms with Crippen molar-refractivity contribution in [3.63, 3.8) is 0 Å². The lowest BCUT2D eigenvalue weighted by molar-refractivity contribution is -0.137. The molecule has 1 heterocycles. The van der Waals surface area contributed by atoms with Crippen LogP contribution in [0, 0.1) is 0 Å². The van der Waals surface area contributed by atoms with Gasteiger partial charge in [0, 0.05) is 12.6 Å². The molecular formula is C15H15F3N2O. The van der Waals surface area contributed by atoms with Gasteiger partial charge in [-0.15, -0.1) is 0 Å². The van der Waals surface area contributed by atoms with Gasteiger partial charge in [-0.2, -0.15) is 18.2 Å². The Hall–Kier alpha value is -2.24. The topological polar surface area (TPSA) is 34.1 Å². The average molecular weight is 296 g/mol. The summed E-state index contributed by atoms with van der Waals surface area (Å²) in [7, 11) is 0. The van der Waals surface area contributed by atoms with Gasteiger partial charge in [0.1, 0.15) is 5.82 Å². The van der Waals surface area contributed by atoms with Gasteiger partial charge in [-0.1, -0.05) is 18.2 Å². The molecule has 0 saturated heterocycles. The molecule has 0 aliphatic heterocycles. The number of anilines is 1. The Morgan fingerprint density at radius 2 is 1.90 bits per heavy atom. The molecule has 1 aromatic heterocycles. The second kappa shape index (κ2) is 6.47. The van der Waals surface area contributed by atoms with Crippen LogP contribution < -0.4 is 10.1 Å². The number of ether oxygens (including phenoxy) is 1. The zero-order chi connectivity index (χ0) is 15.3. The molecule has 0 aliphatic carbocycles. The van der Waals surface area contributed by atoms with E-state index in [1.54, 1.807) is 24.3 Å².